The molecule has 0 aromatic carbocycles. The second-order valence-corrected chi connectivity index (χ2v) is 7.37. The molecule has 2 rings (SSSR count). The minimum atomic E-state index is -0.686. The van der Waals surface area contributed by atoms with Crippen molar-refractivity contribution in [1.82, 2.24) is 0 Å². The Morgan fingerprint density at radius 2 is 1.24 bits per heavy atom. The standard InChI is InChI=1S/C11H18O2.C10H16O2/c1-4-13-10-7-5-9(6-8-10)11(2,3)12;1-10(2,11)8-4-6-9(12-3)7-5-8/h5,8,12H,4,6-7H2,1-3H3;4,7,11H,5-6H2,1-3H3. The Kier molecular flexibility index (Phi) is 7.97. The van der Waals surface area contributed by atoms with Crippen molar-refractivity contribution >= 4 is 0 Å². The lowest BCUT2D eigenvalue weighted by molar-refractivity contribution is 0.115. The lowest BCUT2D eigenvalue weighted by Gasteiger charge is -2.24. The lowest BCUT2D eigenvalue weighted by atomic mass is 9.91. The number of hydrogen-bond acceptors (Lipinski definition) is 4. The van der Waals surface area contributed by atoms with E-state index in [1.54, 1.807) is 7.11 Å². The van der Waals surface area contributed by atoms with Crippen LogP contribution < -0.4 is 0 Å². The van der Waals surface area contributed by atoms with E-state index in [-0.39, 0.29) is 0 Å². The van der Waals surface area contributed by atoms with Gasteiger partial charge in [0.05, 0.1) is 36.4 Å². The summed E-state index contributed by atoms with van der Waals surface area (Å²) in [5.74, 6) is 2.01. The summed E-state index contributed by atoms with van der Waals surface area (Å²) in [7, 11) is 1.68. The Morgan fingerprint density at radius 3 is 1.52 bits per heavy atom. The molecule has 0 amide bonds. The Balaban J connectivity index is 0.000000251. The molecule has 142 valence electrons. The zero-order valence-corrected chi connectivity index (χ0v) is 16.6. The van der Waals surface area contributed by atoms with Gasteiger partial charge in [-0.1, -0.05) is 12.2 Å². The summed E-state index contributed by atoms with van der Waals surface area (Å²) in [6.45, 7) is 9.96. The van der Waals surface area contributed by atoms with E-state index in [0.29, 0.717) is 0 Å². The maximum atomic E-state index is 9.72. The molecular weight excluding hydrogens is 316 g/mol. The van der Waals surface area contributed by atoms with Gasteiger partial charge in [0.15, 0.2) is 0 Å². The summed E-state index contributed by atoms with van der Waals surface area (Å²) in [4.78, 5) is 0. The monoisotopic (exact) mass is 350 g/mol. The molecule has 0 saturated heterocycles. The average molecular weight is 350 g/mol. The highest BCUT2D eigenvalue weighted by Crippen LogP contribution is 2.27. The van der Waals surface area contributed by atoms with E-state index in [1.807, 2.05) is 46.8 Å². The third kappa shape index (κ3) is 7.49. The predicted octanol–water partition coefficient (Wildman–Crippen LogP) is 4.41. The van der Waals surface area contributed by atoms with E-state index in [0.717, 1.165) is 55.0 Å². The fraction of sp³-hybridized carbons (Fsp3) is 0.619. The van der Waals surface area contributed by atoms with Crippen LogP contribution in [0.2, 0.25) is 0 Å². The van der Waals surface area contributed by atoms with Gasteiger partial charge in [-0.2, -0.15) is 0 Å². The first-order valence-electron chi connectivity index (χ1n) is 8.96. The summed E-state index contributed by atoms with van der Waals surface area (Å²) < 4.78 is 10.5. The number of aliphatic hydroxyl groups is 2. The third-order valence-electron chi connectivity index (χ3n) is 4.36. The van der Waals surface area contributed by atoms with Gasteiger partial charge in [0, 0.05) is 12.8 Å². The van der Waals surface area contributed by atoms with E-state index >= 15 is 0 Å². The van der Waals surface area contributed by atoms with Gasteiger partial charge in [-0.05, 0) is 70.8 Å². The molecule has 25 heavy (non-hydrogen) atoms. The lowest BCUT2D eigenvalue weighted by Crippen LogP contribution is -2.22. The van der Waals surface area contributed by atoms with Crippen molar-refractivity contribution in [3.63, 3.8) is 0 Å². The fourth-order valence-corrected chi connectivity index (χ4v) is 2.70. The SMILES string of the molecule is CCOC1=CCC(C(C)(C)O)=CC1.COC1=CCC(C(C)(C)O)=CC1. The summed E-state index contributed by atoms with van der Waals surface area (Å²) >= 11 is 0. The second kappa shape index (κ2) is 9.25. The van der Waals surface area contributed by atoms with Crippen molar-refractivity contribution < 1.29 is 19.7 Å². The highest BCUT2D eigenvalue weighted by molar-refractivity contribution is 5.25. The van der Waals surface area contributed by atoms with Crippen LogP contribution in [-0.4, -0.2) is 35.1 Å². The van der Waals surface area contributed by atoms with Gasteiger partial charge in [0.25, 0.3) is 0 Å². The molecule has 0 aromatic rings. The average Bonchev–Trinajstić information content (AvgIpc) is 2.55. The zero-order valence-electron chi connectivity index (χ0n) is 16.6. The molecule has 4 nitrogen and oxygen atoms in total. The van der Waals surface area contributed by atoms with Crippen molar-refractivity contribution in [2.45, 2.75) is 71.5 Å². The first-order valence-corrected chi connectivity index (χ1v) is 8.96. The molecular formula is C21H34O4. The number of allylic oxidation sites excluding steroid dienone is 4. The number of hydrogen-bond donors (Lipinski definition) is 2. The molecule has 2 N–H and O–H groups in total. The van der Waals surface area contributed by atoms with Crippen molar-refractivity contribution in [2.24, 2.45) is 0 Å². The molecule has 0 radical (unpaired) electrons. The maximum absolute atomic E-state index is 9.72. The summed E-state index contributed by atoms with van der Waals surface area (Å²) in [5.41, 5.74) is 0.781. The smallest absolute Gasteiger partial charge is 0.0960 e. The molecule has 0 bridgehead atoms. The summed E-state index contributed by atoms with van der Waals surface area (Å²) in [6.07, 6.45) is 11.4. The molecule has 0 saturated carbocycles. The Bertz CT molecular complexity index is 551. The normalized spacial score (nSPS) is 18.1. The largest absolute Gasteiger partial charge is 0.501 e. The van der Waals surface area contributed by atoms with Crippen LogP contribution in [0.3, 0.4) is 0 Å². The minimum Gasteiger partial charge on any atom is -0.501 e. The quantitative estimate of drug-likeness (QED) is 0.721. The highest BCUT2D eigenvalue weighted by atomic mass is 16.5. The van der Waals surface area contributed by atoms with Crippen LogP contribution in [0.4, 0.5) is 0 Å². The molecule has 2 aliphatic rings. The summed E-state index contributed by atoms with van der Waals surface area (Å²) in [6, 6.07) is 0. The van der Waals surface area contributed by atoms with Gasteiger partial charge in [-0.3, -0.25) is 0 Å². The molecule has 0 aliphatic heterocycles. The molecule has 0 unspecified atom stereocenters. The number of ether oxygens (including phenoxy) is 2. The van der Waals surface area contributed by atoms with Gasteiger partial charge in [0.1, 0.15) is 0 Å². The molecule has 0 aromatic heterocycles. The van der Waals surface area contributed by atoms with Crippen LogP contribution >= 0.6 is 0 Å². The molecule has 2 aliphatic carbocycles. The van der Waals surface area contributed by atoms with E-state index in [2.05, 4.69) is 12.2 Å². The van der Waals surface area contributed by atoms with Gasteiger partial charge in [-0.25, -0.2) is 0 Å². The van der Waals surface area contributed by atoms with E-state index in [1.165, 1.54) is 0 Å². The van der Waals surface area contributed by atoms with Gasteiger partial charge in [0.2, 0.25) is 0 Å². The molecule has 0 heterocycles. The molecule has 0 atom stereocenters. The Labute approximate surface area is 152 Å². The maximum Gasteiger partial charge on any atom is 0.0960 e. The molecule has 4 heteroatoms. The van der Waals surface area contributed by atoms with Crippen LogP contribution in [0.25, 0.3) is 0 Å². The molecule has 0 spiro atoms. The first kappa shape index (κ1) is 21.5. The van der Waals surface area contributed by atoms with Gasteiger partial charge >= 0.3 is 0 Å². The minimum absolute atomic E-state index is 0.685. The van der Waals surface area contributed by atoms with Crippen LogP contribution in [0.15, 0.2) is 47.0 Å². The number of rotatable bonds is 5. The van der Waals surface area contributed by atoms with E-state index < -0.39 is 11.2 Å². The van der Waals surface area contributed by atoms with Gasteiger partial charge < -0.3 is 19.7 Å². The highest BCUT2D eigenvalue weighted by Gasteiger charge is 2.21. The number of methoxy groups -OCH3 is 1. The van der Waals surface area contributed by atoms with Crippen LogP contribution in [0.1, 0.15) is 60.3 Å². The van der Waals surface area contributed by atoms with Crippen LogP contribution in [0.5, 0.6) is 0 Å². The zero-order chi connectivity index (χ0) is 19.1. The topological polar surface area (TPSA) is 58.9 Å². The van der Waals surface area contributed by atoms with Crippen molar-refractivity contribution in [3.05, 3.63) is 47.0 Å². The second-order valence-electron chi connectivity index (χ2n) is 7.37. The Morgan fingerprint density at radius 1 is 0.800 bits per heavy atom. The van der Waals surface area contributed by atoms with E-state index in [9.17, 15) is 10.2 Å². The van der Waals surface area contributed by atoms with Crippen molar-refractivity contribution in [3.8, 4) is 0 Å². The van der Waals surface area contributed by atoms with Crippen LogP contribution in [0, 0.1) is 0 Å². The van der Waals surface area contributed by atoms with Gasteiger partial charge in [-0.15, -0.1) is 0 Å². The first-order chi connectivity index (χ1) is 11.6. The van der Waals surface area contributed by atoms with Crippen molar-refractivity contribution in [2.75, 3.05) is 13.7 Å². The van der Waals surface area contributed by atoms with Crippen LogP contribution in [-0.2, 0) is 9.47 Å². The summed E-state index contributed by atoms with van der Waals surface area (Å²) in [5, 5.41) is 19.4. The molecule has 0 fully saturated rings. The predicted molar refractivity (Wildman–Crippen MR) is 102 cm³/mol. The fourth-order valence-electron chi connectivity index (χ4n) is 2.70. The Hall–Kier alpha value is -1.52. The third-order valence-corrected chi connectivity index (χ3v) is 4.36. The van der Waals surface area contributed by atoms with Crippen molar-refractivity contribution in [1.29, 1.82) is 0 Å². The van der Waals surface area contributed by atoms with E-state index in [4.69, 9.17) is 9.47 Å².